The standard InChI is InChI=1S/C21H18F2N6O2/c1-12-4-3-5-13(2)18(12)25-17(30)10-28-11-24-20-19(21(28)31)26-27-29(20)9-14-6-15(22)8-16(23)7-14/h3-8,11H,9-10H2,1-2H3,(H,25,30). The lowest BCUT2D eigenvalue weighted by atomic mass is 10.1. The number of nitrogens with one attached hydrogen (secondary N) is 1. The second kappa shape index (κ2) is 8.05. The molecule has 2 aromatic carbocycles. The second-order valence-corrected chi connectivity index (χ2v) is 7.19. The van der Waals surface area contributed by atoms with Crippen LogP contribution < -0.4 is 10.9 Å². The third kappa shape index (κ3) is 4.18. The molecule has 0 saturated carbocycles. The van der Waals surface area contributed by atoms with Gasteiger partial charge in [-0.25, -0.2) is 18.4 Å². The lowest BCUT2D eigenvalue weighted by molar-refractivity contribution is -0.116. The van der Waals surface area contributed by atoms with Gasteiger partial charge in [-0.3, -0.25) is 14.2 Å². The summed E-state index contributed by atoms with van der Waals surface area (Å²) >= 11 is 0. The van der Waals surface area contributed by atoms with Crippen LogP contribution in [-0.2, 0) is 17.9 Å². The van der Waals surface area contributed by atoms with Crippen molar-refractivity contribution in [3.05, 3.63) is 81.4 Å². The zero-order chi connectivity index (χ0) is 22.1. The van der Waals surface area contributed by atoms with Crippen LogP contribution in [0.5, 0.6) is 0 Å². The average molecular weight is 424 g/mol. The molecule has 0 aliphatic rings. The maximum atomic E-state index is 13.4. The number of benzene rings is 2. The van der Waals surface area contributed by atoms with Gasteiger partial charge in [-0.2, -0.15) is 0 Å². The van der Waals surface area contributed by atoms with Crippen LogP contribution in [0.1, 0.15) is 16.7 Å². The first-order chi connectivity index (χ1) is 14.8. The number of nitrogens with zero attached hydrogens (tertiary/aromatic N) is 5. The molecule has 0 unspecified atom stereocenters. The average Bonchev–Trinajstić information content (AvgIpc) is 3.10. The highest BCUT2D eigenvalue weighted by atomic mass is 19.1. The van der Waals surface area contributed by atoms with Gasteiger partial charge in [0.2, 0.25) is 5.91 Å². The molecule has 0 aliphatic heterocycles. The fourth-order valence-corrected chi connectivity index (χ4v) is 3.33. The van der Waals surface area contributed by atoms with Crippen LogP contribution in [0.2, 0.25) is 0 Å². The summed E-state index contributed by atoms with van der Waals surface area (Å²) in [4.78, 5) is 29.4. The van der Waals surface area contributed by atoms with Crippen LogP contribution in [0, 0.1) is 25.5 Å². The molecule has 0 atom stereocenters. The summed E-state index contributed by atoms with van der Waals surface area (Å²) in [6.45, 7) is 3.49. The number of carbonyl (C=O) groups excluding carboxylic acids is 1. The van der Waals surface area contributed by atoms with E-state index >= 15 is 0 Å². The molecule has 10 heteroatoms. The number of aryl methyl sites for hydroxylation is 2. The van der Waals surface area contributed by atoms with E-state index in [9.17, 15) is 18.4 Å². The van der Waals surface area contributed by atoms with Crippen LogP contribution >= 0.6 is 0 Å². The van der Waals surface area contributed by atoms with Gasteiger partial charge < -0.3 is 5.32 Å². The van der Waals surface area contributed by atoms with Crippen molar-refractivity contribution in [2.45, 2.75) is 26.9 Å². The SMILES string of the molecule is Cc1cccc(C)c1NC(=O)Cn1cnc2c(nnn2Cc2cc(F)cc(F)c2)c1=O. The summed E-state index contributed by atoms with van der Waals surface area (Å²) in [6, 6.07) is 8.75. The van der Waals surface area contributed by atoms with E-state index in [-0.39, 0.29) is 30.2 Å². The predicted octanol–water partition coefficient (Wildman–Crippen LogP) is 2.57. The summed E-state index contributed by atoms with van der Waals surface area (Å²) in [5.41, 5.74) is 2.39. The Morgan fingerprint density at radius 3 is 2.45 bits per heavy atom. The molecule has 8 nitrogen and oxygen atoms in total. The molecule has 0 aliphatic carbocycles. The molecule has 4 rings (SSSR count). The van der Waals surface area contributed by atoms with Crippen LogP contribution in [0.25, 0.3) is 11.2 Å². The van der Waals surface area contributed by atoms with Gasteiger partial charge in [0, 0.05) is 11.8 Å². The molecule has 0 radical (unpaired) electrons. The van der Waals surface area contributed by atoms with E-state index in [1.807, 2.05) is 32.0 Å². The van der Waals surface area contributed by atoms with Crippen molar-refractivity contribution in [1.82, 2.24) is 24.5 Å². The molecule has 0 spiro atoms. The largest absolute Gasteiger partial charge is 0.324 e. The molecule has 158 valence electrons. The van der Waals surface area contributed by atoms with Crippen LogP contribution in [-0.4, -0.2) is 30.5 Å². The van der Waals surface area contributed by atoms with Gasteiger partial charge in [-0.05, 0) is 42.7 Å². The number of amides is 1. The predicted molar refractivity (Wildman–Crippen MR) is 110 cm³/mol. The van der Waals surface area contributed by atoms with Crippen LogP contribution in [0.4, 0.5) is 14.5 Å². The Morgan fingerprint density at radius 2 is 1.77 bits per heavy atom. The smallest absolute Gasteiger partial charge is 0.283 e. The van der Waals surface area contributed by atoms with E-state index in [0.717, 1.165) is 33.9 Å². The zero-order valence-electron chi connectivity index (χ0n) is 16.8. The van der Waals surface area contributed by atoms with E-state index in [1.54, 1.807) is 0 Å². The molecule has 2 heterocycles. The van der Waals surface area contributed by atoms with E-state index < -0.39 is 17.2 Å². The minimum absolute atomic E-state index is 0.0192. The van der Waals surface area contributed by atoms with Gasteiger partial charge in [-0.15, -0.1) is 5.10 Å². The molecule has 4 aromatic rings. The Balaban J connectivity index is 1.57. The highest BCUT2D eigenvalue weighted by molar-refractivity contribution is 5.92. The number of carbonyl (C=O) groups is 1. The van der Waals surface area contributed by atoms with Crippen LogP contribution in [0.15, 0.2) is 47.5 Å². The van der Waals surface area contributed by atoms with Crippen LogP contribution in [0.3, 0.4) is 0 Å². The molecule has 1 N–H and O–H groups in total. The summed E-state index contributed by atoms with van der Waals surface area (Å²) in [5.74, 6) is -1.82. The van der Waals surface area contributed by atoms with E-state index in [4.69, 9.17) is 0 Å². The van der Waals surface area contributed by atoms with Gasteiger partial charge in [0.15, 0.2) is 11.2 Å². The third-order valence-corrected chi connectivity index (χ3v) is 4.81. The molecule has 0 fully saturated rings. The second-order valence-electron chi connectivity index (χ2n) is 7.19. The van der Waals surface area contributed by atoms with Gasteiger partial charge >= 0.3 is 0 Å². The van der Waals surface area contributed by atoms with E-state index in [2.05, 4.69) is 20.6 Å². The number of hydrogen-bond donors (Lipinski definition) is 1. The molecular formula is C21H18F2N6O2. The van der Waals surface area contributed by atoms with E-state index in [0.29, 0.717) is 11.3 Å². The Hall–Kier alpha value is -3.95. The summed E-state index contributed by atoms with van der Waals surface area (Å²) in [7, 11) is 0. The quantitative estimate of drug-likeness (QED) is 0.531. The van der Waals surface area contributed by atoms with Crippen molar-refractivity contribution in [2.24, 2.45) is 0 Å². The minimum atomic E-state index is -0.718. The molecule has 1 amide bonds. The van der Waals surface area contributed by atoms with Gasteiger partial charge in [0.05, 0.1) is 6.54 Å². The normalized spacial score (nSPS) is 11.1. The third-order valence-electron chi connectivity index (χ3n) is 4.81. The van der Waals surface area contributed by atoms with Crippen molar-refractivity contribution in [1.29, 1.82) is 0 Å². The van der Waals surface area contributed by atoms with E-state index in [1.165, 1.54) is 11.0 Å². The number of anilines is 1. The topological polar surface area (TPSA) is 94.7 Å². The highest BCUT2D eigenvalue weighted by Crippen LogP contribution is 2.19. The van der Waals surface area contributed by atoms with Gasteiger partial charge in [-0.1, -0.05) is 23.4 Å². The Kier molecular flexibility index (Phi) is 5.28. The summed E-state index contributed by atoms with van der Waals surface area (Å²) in [5, 5.41) is 10.5. The Labute approximate surface area is 175 Å². The first kappa shape index (κ1) is 20.3. The first-order valence-electron chi connectivity index (χ1n) is 9.41. The number of aromatic nitrogens is 5. The fourth-order valence-electron chi connectivity index (χ4n) is 3.33. The lowest BCUT2D eigenvalue weighted by Crippen LogP contribution is -2.28. The number of hydrogen-bond acceptors (Lipinski definition) is 5. The van der Waals surface area contributed by atoms with Crippen molar-refractivity contribution < 1.29 is 13.6 Å². The highest BCUT2D eigenvalue weighted by Gasteiger charge is 2.15. The maximum absolute atomic E-state index is 13.4. The molecule has 0 saturated heterocycles. The fraction of sp³-hybridized carbons (Fsp3) is 0.190. The maximum Gasteiger partial charge on any atom is 0.283 e. The lowest BCUT2D eigenvalue weighted by Gasteiger charge is -2.12. The molecule has 0 bridgehead atoms. The monoisotopic (exact) mass is 424 g/mol. The number of fused-ring (bicyclic) bond motifs is 1. The van der Waals surface area contributed by atoms with Crippen molar-refractivity contribution in [2.75, 3.05) is 5.32 Å². The van der Waals surface area contributed by atoms with Crippen molar-refractivity contribution in [3.63, 3.8) is 0 Å². The number of halogens is 2. The summed E-state index contributed by atoms with van der Waals surface area (Å²) in [6.07, 6.45) is 1.22. The molecule has 2 aromatic heterocycles. The Bertz CT molecular complexity index is 1320. The van der Waals surface area contributed by atoms with Crippen molar-refractivity contribution >= 4 is 22.8 Å². The molecule has 31 heavy (non-hydrogen) atoms. The Morgan fingerprint density at radius 1 is 1.10 bits per heavy atom. The summed E-state index contributed by atoms with van der Waals surface area (Å²) < 4.78 is 29.2. The zero-order valence-corrected chi connectivity index (χ0v) is 16.8. The van der Waals surface area contributed by atoms with Crippen molar-refractivity contribution in [3.8, 4) is 0 Å². The molecular weight excluding hydrogens is 406 g/mol. The number of para-hydroxylation sites is 1. The minimum Gasteiger partial charge on any atom is -0.324 e. The first-order valence-corrected chi connectivity index (χ1v) is 9.41. The van der Waals surface area contributed by atoms with Gasteiger partial charge in [0.1, 0.15) is 24.5 Å². The van der Waals surface area contributed by atoms with Gasteiger partial charge in [0.25, 0.3) is 5.56 Å². The number of rotatable bonds is 5.